The maximum Gasteiger partial charge on any atom is 0.0107 e. The normalized spacial score (nSPS) is 21.6. The molecule has 128 valence electrons. The van der Waals surface area contributed by atoms with Crippen molar-refractivity contribution in [3.63, 3.8) is 0 Å². The van der Waals surface area contributed by atoms with Crippen molar-refractivity contribution in [3.8, 4) is 0 Å². The molecule has 0 unspecified atom stereocenters. The third-order valence-corrected chi connectivity index (χ3v) is 5.46. The van der Waals surface area contributed by atoms with Crippen LogP contribution in [-0.2, 0) is 6.42 Å². The number of hydrogen-bond acceptors (Lipinski definition) is 3. The molecule has 0 spiro atoms. The molecule has 2 fully saturated rings. The summed E-state index contributed by atoms with van der Waals surface area (Å²) < 4.78 is 0. The molecular weight excluding hydrogens is 282 g/mol. The highest BCUT2D eigenvalue weighted by atomic mass is 15.2. The van der Waals surface area contributed by atoms with Gasteiger partial charge in [0.05, 0.1) is 0 Å². The van der Waals surface area contributed by atoms with Crippen molar-refractivity contribution in [2.45, 2.75) is 44.6 Å². The highest BCUT2D eigenvalue weighted by Crippen LogP contribution is 2.12. The summed E-state index contributed by atoms with van der Waals surface area (Å²) in [5, 5.41) is 3.79. The van der Waals surface area contributed by atoms with Gasteiger partial charge in [-0.3, -0.25) is 0 Å². The van der Waals surface area contributed by atoms with E-state index in [0.717, 1.165) is 6.04 Å². The molecule has 0 aliphatic carbocycles. The molecule has 2 heterocycles. The zero-order valence-electron chi connectivity index (χ0n) is 14.6. The molecule has 1 aromatic rings. The minimum Gasteiger partial charge on any atom is -0.313 e. The van der Waals surface area contributed by atoms with E-state index in [9.17, 15) is 0 Å². The van der Waals surface area contributed by atoms with Gasteiger partial charge in [-0.25, -0.2) is 0 Å². The molecule has 2 aliphatic heterocycles. The van der Waals surface area contributed by atoms with Gasteiger partial charge in [-0.05, 0) is 63.8 Å². The van der Waals surface area contributed by atoms with Crippen LogP contribution >= 0.6 is 0 Å². The molecule has 3 heteroatoms. The molecular formula is C20H33N3. The first-order valence-electron chi connectivity index (χ1n) is 9.62. The zero-order valence-corrected chi connectivity index (χ0v) is 14.6. The van der Waals surface area contributed by atoms with E-state index in [4.69, 9.17) is 0 Å². The van der Waals surface area contributed by atoms with Gasteiger partial charge in [-0.2, -0.15) is 0 Å². The minimum absolute atomic E-state index is 0.743. The first-order chi connectivity index (χ1) is 11.4. The van der Waals surface area contributed by atoms with Crippen LogP contribution in [-0.4, -0.2) is 61.7 Å². The van der Waals surface area contributed by atoms with Crippen LogP contribution in [0.15, 0.2) is 30.3 Å². The van der Waals surface area contributed by atoms with Gasteiger partial charge in [-0.1, -0.05) is 36.8 Å². The Morgan fingerprint density at radius 2 is 1.52 bits per heavy atom. The second-order valence-corrected chi connectivity index (χ2v) is 7.21. The largest absolute Gasteiger partial charge is 0.313 e. The fourth-order valence-corrected chi connectivity index (χ4v) is 3.90. The van der Waals surface area contributed by atoms with Gasteiger partial charge in [0.25, 0.3) is 0 Å². The van der Waals surface area contributed by atoms with Crippen LogP contribution in [0.1, 0.15) is 37.7 Å². The maximum atomic E-state index is 3.79. The van der Waals surface area contributed by atoms with Gasteiger partial charge in [0.2, 0.25) is 0 Å². The summed E-state index contributed by atoms with van der Waals surface area (Å²) in [6.45, 7) is 8.79. The molecule has 2 saturated heterocycles. The van der Waals surface area contributed by atoms with Gasteiger partial charge in [0.15, 0.2) is 0 Å². The number of likely N-dealkylation sites (tertiary alicyclic amines) is 2. The number of benzene rings is 1. The molecule has 0 saturated carbocycles. The Hall–Kier alpha value is -0.900. The molecule has 1 aromatic carbocycles. The summed E-state index contributed by atoms with van der Waals surface area (Å²) in [6, 6.07) is 11.6. The molecule has 23 heavy (non-hydrogen) atoms. The van der Waals surface area contributed by atoms with E-state index in [1.54, 1.807) is 0 Å². The Morgan fingerprint density at radius 3 is 2.26 bits per heavy atom. The van der Waals surface area contributed by atoms with Crippen LogP contribution in [0.3, 0.4) is 0 Å². The number of piperidine rings is 2. The van der Waals surface area contributed by atoms with Crippen LogP contribution in [0.2, 0.25) is 0 Å². The Morgan fingerprint density at radius 1 is 0.826 bits per heavy atom. The van der Waals surface area contributed by atoms with Gasteiger partial charge in [0.1, 0.15) is 0 Å². The van der Waals surface area contributed by atoms with Crippen molar-refractivity contribution in [1.29, 1.82) is 0 Å². The summed E-state index contributed by atoms with van der Waals surface area (Å²) in [6.07, 6.45) is 8.06. The summed E-state index contributed by atoms with van der Waals surface area (Å²) in [5.41, 5.74) is 1.47. The van der Waals surface area contributed by atoms with Crippen molar-refractivity contribution >= 4 is 0 Å². The molecule has 0 radical (unpaired) electrons. The first kappa shape index (κ1) is 16.9. The van der Waals surface area contributed by atoms with Crippen molar-refractivity contribution in [2.75, 3.05) is 45.8 Å². The lowest BCUT2D eigenvalue weighted by Crippen LogP contribution is -2.45. The Labute approximate surface area is 142 Å². The number of hydrogen-bond donors (Lipinski definition) is 1. The van der Waals surface area contributed by atoms with E-state index in [2.05, 4.69) is 45.4 Å². The summed E-state index contributed by atoms with van der Waals surface area (Å²) in [4.78, 5) is 5.27. The van der Waals surface area contributed by atoms with Crippen molar-refractivity contribution < 1.29 is 0 Å². The minimum atomic E-state index is 0.743. The molecule has 0 bridgehead atoms. The lowest BCUT2D eigenvalue weighted by atomic mass is 10.0. The zero-order chi connectivity index (χ0) is 15.7. The van der Waals surface area contributed by atoms with Crippen LogP contribution < -0.4 is 5.32 Å². The smallest absolute Gasteiger partial charge is 0.0107 e. The fourth-order valence-electron chi connectivity index (χ4n) is 3.90. The quantitative estimate of drug-likeness (QED) is 0.835. The summed E-state index contributed by atoms with van der Waals surface area (Å²) >= 11 is 0. The van der Waals surface area contributed by atoms with E-state index in [1.165, 1.54) is 89.9 Å². The summed E-state index contributed by atoms with van der Waals surface area (Å²) in [7, 11) is 0. The predicted octanol–water partition coefficient (Wildman–Crippen LogP) is 2.77. The van der Waals surface area contributed by atoms with Crippen LogP contribution in [0, 0.1) is 0 Å². The third-order valence-electron chi connectivity index (χ3n) is 5.46. The number of rotatable bonds is 7. The maximum absolute atomic E-state index is 3.79. The molecule has 0 atom stereocenters. The summed E-state index contributed by atoms with van der Waals surface area (Å²) in [5.74, 6) is 0. The van der Waals surface area contributed by atoms with Crippen LogP contribution in [0.25, 0.3) is 0 Å². The van der Waals surface area contributed by atoms with Crippen LogP contribution in [0.5, 0.6) is 0 Å². The fraction of sp³-hybridized carbons (Fsp3) is 0.700. The number of nitrogens with zero attached hydrogens (tertiary/aromatic N) is 2. The molecule has 3 nitrogen and oxygen atoms in total. The first-order valence-corrected chi connectivity index (χ1v) is 9.62. The highest BCUT2D eigenvalue weighted by Gasteiger charge is 2.18. The number of nitrogens with one attached hydrogen (secondary N) is 1. The topological polar surface area (TPSA) is 18.5 Å². The van der Waals surface area contributed by atoms with E-state index in [0.29, 0.717) is 0 Å². The van der Waals surface area contributed by atoms with E-state index in [1.807, 2.05) is 0 Å². The lowest BCUT2D eigenvalue weighted by Gasteiger charge is -2.33. The highest BCUT2D eigenvalue weighted by molar-refractivity contribution is 5.14. The van der Waals surface area contributed by atoms with Gasteiger partial charge < -0.3 is 15.1 Å². The third kappa shape index (κ3) is 5.91. The SMILES string of the molecule is c1ccc(CCN2CCC(NCCN3CCCCC3)CC2)cc1. The van der Waals surface area contributed by atoms with Crippen molar-refractivity contribution in [3.05, 3.63) is 35.9 Å². The average Bonchev–Trinajstić information content (AvgIpc) is 2.63. The van der Waals surface area contributed by atoms with Gasteiger partial charge in [0, 0.05) is 25.7 Å². The molecule has 0 aromatic heterocycles. The Balaban J connectivity index is 1.26. The molecule has 0 amide bonds. The monoisotopic (exact) mass is 315 g/mol. The molecule has 2 aliphatic rings. The standard InChI is InChI=1S/C20H33N3/c1-3-7-19(8-4-1)9-15-23-16-10-20(11-17-23)21-12-18-22-13-5-2-6-14-22/h1,3-4,7-8,20-21H,2,5-6,9-18H2. The lowest BCUT2D eigenvalue weighted by molar-refractivity contribution is 0.188. The van der Waals surface area contributed by atoms with Gasteiger partial charge >= 0.3 is 0 Å². The Bertz CT molecular complexity index is 420. The van der Waals surface area contributed by atoms with Crippen LogP contribution in [0.4, 0.5) is 0 Å². The van der Waals surface area contributed by atoms with Crippen molar-refractivity contribution in [2.24, 2.45) is 0 Å². The Kier molecular flexibility index (Phi) is 6.93. The van der Waals surface area contributed by atoms with E-state index < -0.39 is 0 Å². The van der Waals surface area contributed by atoms with Gasteiger partial charge in [-0.15, -0.1) is 0 Å². The predicted molar refractivity (Wildman–Crippen MR) is 97.9 cm³/mol. The average molecular weight is 316 g/mol. The second-order valence-electron chi connectivity index (χ2n) is 7.21. The molecule has 3 rings (SSSR count). The second kappa shape index (κ2) is 9.41. The van der Waals surface area contributed by atoms with Crippen molar-refractivity contribution in [1.82, 2.24) is 15.1 Å². The molecule has 1 N–H and O–H groups in total. The van der Waals surface area contributed by atoms with E-state index in [-0.39, 0.29) is 0 Å². The van der Waals surface area contributed by atoms with E-state index >= 15 is 0 Å².